The molecule has 0 unspecified atom stereocenters. The summed E-state index contributed by atoms with van der Waals surface area (Å²) in [6.07, 6.45) is 5.51. The monoisotopic (exact) mass is 292 g/mol. The smallest absolute Gasteiger partial charge is 0.133 e. The molecule has 21 heavy (non-hydrogen) atoms. The summed E-state index contributed by atoms with van der Waals surface area (Å²) in [7, 11) is 0. The first-order chi connectivity index (χ1) is 10.3. The van der Waals surface area contributed by atoms with E-state index in [-0.39, 0.29) is 12.2 Å². The summed E-state index contributed by atoms with van der Waals surface area (Å²) in [6, 6.07) is 2.50. The normalized spacial score (nSPS) is 33.3. The van der Waals surface area contributed by atoms with Crippen LogP contribution < -0.4 is 0 Å². The van der Waals surface area contributed by atoms with Crippen molar-refractivity contribution in [1.82, 2.24) is 10.1 Å². The molecular weight excluding hydrogens is 268 g/mol. The fourth-order valence-corrected chi connectivity index (χ4v) is 3.61. The van der Waals surface area contributed by atoms with Crippen molar-refractivity contribution in [2.45, 2.75) is 57.4 Å². The van der Waals surface area contributed by atoms with Gasteiger partial charge in [0.15, 0.2) is 0 Å². The van der Waals surface area contributed by atoms with Crippen molar-refractivity contribution >= 4 is 0 Å². The molecule has 1 aromatic heterocycles. The van der Waals surface area contributed by atoms with Crippen molar-refractivity contribution in [3.63, 3.8) is 0 Å². The SMILES string of the molecule is Cc1cc(CN2CCO[C@H]3[C@H](OCC4CC4)CC[C@@H]32)no1. The van der Waals surface area contributed by atoms with Crippen LogP contribution in [0.4, 0.5) is 0 Å². The molecule has 3 atom stereocenters. The second-order valence-electron chi connectivity index (χ2n) is 6.69. The molecule has 0 aromatic carbocycles. The highest BCUT2D eigenvalue weighted by atomic mass is 16.5. The molecule has 1 aliphatic heterocycles. The zero-order chi connectivity index (χ0) is 14.2. The zero-order valence-electron chi connectivity index (χ0n) is 12.7. The van der Waals surface area contributed by atoms with Crippen molar-refractivity contribution < 1.29 is 14.0 Å². The maximum atomic E-state index is 6.11. The minimum absolute atomic E-state index is 0.241. The van der Waals surface area contributed by atoms with Gasteiger partial charge in [0.1, 0.15) is 5.76 Å². The molecular formula is C16H24N2O3. The largest absolute Gasteiger partial charge is 0.375 e. The van der Waals surface area contributed by atoms with Crippen molar-refractivity contribution in [3.8, 4) is 0 Å². The summed E-state index contributed by atoms with van der Waals surface area (Å²) in [5, 5.41) is 4.12. The predicted octanol–water partition coefficient (Wildman–Crippen LogP) is 2.14. The maximum Gasteiger partial charge on any atom is 0.133 e. The van der Waals surface area contributed by atoms with Gasteiger partial charge in [0.2, 0.25) is 0 Å². The third kappa shape index (κ3) is 3.00. The molecule has 5 nitrogen and oxygen atoms in total. The van der Waals surface area contributed by atoms with Crippen LogP contribution in [0, 0.1) is 12.8 Å². The van der Waals surface area contributed by atoms with Crippen molar-refractivity contribution in [2.75, 3.05) is 19.8 Å². The Hall–Kier alpha value is -0.910. The number of aromatic nitrogens is 1. The number of morpholine rings is 1. The quantitative estimate of drug-likeness (QED) is 0.832. The number of hydrogen-bond donors (Lipinski definition) is 0. The van der Waals surface area contributed by atoms with Crippen LogP contribution in [-0.2, 0) is 16.0 Å². The predicted molar refractivity (Wildman–Crippen MR) is 76.9 cm³/mol. The molecule has 1 aromatic rings. The highest BCUT2D eigenvalue weighted by Crippen LogP contribution is 2.35. The van der Waals surface area contributed by atoms with Crippen molar-refractivity contribution in [3.05, 3.63) is 17.5 Å². The first kappa shape index (κ1) is 13.7. The molecule has 3 fully saturated rings. The van der Waals surface area contributed by atoms with Gasteiger partial charge in [-0.05, 0) is 38.5 Å². The minimum atomic E-state index is 0.241. The van der Waals surface area contributed by atoms with E-state index >= 15 is 0 Å². The Balaban J connectivity index is 1.38. The molecule has 0 spiro atoms. The second-order valence-corrected chi connectivity index (χ2v) is 6.69. The van der Waals surface area contributed by atoms with Crippen LogP contribution >= 0.6 is 0 Å². The summed E-state index contributed by atoms with van der Waals surface area (Å²) < 4.78 is 17.3. The fourth-order valence-electron chi connectivity index (χ4n) is 3.61. The van der Waals surface area contributed by atoms with E-state index < -0.39 is 0 Å². The minimum Gasteiger partial charge on any atom is -0.375 e. The zero-order valence-corrected chi connectivity index (χ0v) is 12.7. The van der Waals surface area contributed by atoms with E-state index in [2.05, 4.69) is 10.1 Å². The van der Waals surface area contributed by atoms with Crippen LogP contribution in [-0.4, -0.2) is 48.1 Å². The number of nitrogens with zero attached hydrogens (tertiary/aromatic N) is 2. The lowest BCUT2D eigenvalue weighted by molar-refractivity contribution is -0.116. The van der Waals surface area contributed by atoms with E-state index in [1.165, 1.54) is 12.8 Å². The van der Waals surface area contributed by atoms with E-state index in [4.69, 9.17) is 14.0 Å². The molecule has 0 amide bonds. The van der Waals surface area contributed by atoms with Gasteiger partial charge in [0.25, 0.3) is 0 Å². The average Bonchev–Trinajstić information content (AvgIpc) is 3.08. The summed E-state index contributed by atoms with van der Waals surface area (Å²) in [5.41, 5.74) is 1.02. The number of hydrogen-bond acceptors (Lipinski definition) is 5. The van der Waals surface area contributed by atoms with Gasteiger partial charge in [0.05, 0.1) is 24.5 Å². The molecule has 0 radical (unpaired) electrons. The standard InChI is InChI=1S/C16H24N2O3/c1-11-8-13(17-21-11)9-18-6-7-19-16-14(18)4-5-15(16)20-10-12-2-3-12/h8,12,14-16H,2-7,9-10H2,1H3/t14-,15+,16+/m0/s1. The van der Waals surface area contributed by atoms with Crippen LogP contribution in [0.25, 0.3) is 0 Å². The van der Waals surface area contributed by atoms with Gasteiger partial charge in [-0.3, -0.25) is 4.90 Å². The Morgan fingerprint density at radius 1 is 1.33 bits per heavy atom. The lowest BCUT2D eigenvalue weighted by atomic mass is 10.1. The van der Waals surface area contributed by atoms with Gasteiger partial charge in [-0.1, -0.05) is 5.16 Å². The van der Waals surface area contributed by atoms with Gasteiger partial charge in [0, 0.05) is 31.8 Å². The van der Waals surface area contributed by atoms with Gasteiger partial charge in [-0.2, -0.15) is 0 Å². The topological polar surface area (TPSA) is 47.7 Å². The van der Waals surface area contributed by atoms with Crippen LogP contribution in [0.2, 0.25) is 0 Å². The van der Waals surface area contributed by atoms with E-state index in [0.717, 1.165) is 56.5 Å². The molecule has 3 aliphatic rings. The molecule has 5 heteroatoms. The molecule has 116 valence electrons. The van der Waals surface area contributed by atoms with Crippen LogP contribution in [0.5, 0.6) is 0 Å². The number of rotatable bonds is 5. The van der Waals surface area contributed by atoms with E-state index in [1.807, 2.05) is 13.0 Å². The first-order valence-corrected chi connectivity index (χ1v) is 8.19. The third-order valence-corrected chi connectivity index (χ3v) is 4.94. The van der Waals surface area contributed by atoms with Crippen molar-refractivity contribution in [2.24, 2.45) is 5.92 Å². The molecule has 2 heterocycles. The molecule has 4 rings (SSSR count). The maximum absolute atomic E-state index is 6.11. The third-order valence-electron chi connectivity index (χ3n) is 4.94. The Labute approximate surface area is 125 Å². The Bertz CT molecular complexity index is 486. The molecule has 0 N–H and O–H groups in total. The van der Waals surface area contributed by atoms with Gasteiger partial charge < -0.3 is 14.0 Å². The van der Waals surface area contributed by atoms with Crippen LogP contribution in [0.15, 0.2) is 10.6 Å². The van der Waals surface area contributed by atoms with Gasteiger partial charge in [-0.15, -0.1) is 0 Å². The summed E-state index contributed by atoms with van der Waals surface area (Å²) in [6.45, 7) is 5.50. The molecule has 2 aliphatic carbocycles. The first-order valence-electron chi connectivity index (χ1n) is 8.19. The average molecular weight is 292 g/mol. The van der Waals surface area contributed by atoms with E-state index in [9.17, 15) is 0 Å². The summed E-state index contributed by atoms with van der Waals surface area (Å²) in [5.74, 6) is 1.70. The second kappa shape index (κ2) is 5.71. The number of ether oxygens (including phenoxy) is 2. The highest BCUT2D eigenvalue weighted by Gasteiger charge is 2.43. The molecule has 1 saturated heterocycles. The van der Waals surface area contributed by atoms with Crippen molar-refractivity contribution in [1.29, 1.82) is 0 Å². The van der Waals surface area contributed by atoms with Crippen LogP contribution in [0.3, 0.4) is 0 Å². The Morgan fingerprint density at radius 2 is 2.24 bits per heavy atom. The lowest BCUT2D eigenvalue weighted by Gasteiger charge is -2.38. The number of aryl methyl sites for hydroxylation is 1. The Morgan fingerprint density at radius 3 is 3.00 bits per heavy atom. The lowest BCUT2D eigenvalue weighted by Crippen LogP contribution is -2.51. The van der Waals surface area contributed by atoms with Gasteiger partial charge >= 0.3 is 0 Å². The summed E-state index contributed by atoms with van der Waals surface area (Å²) in [4.78, 5) is 2.49. The van der Waals surface area contributed by atoms with Crippen LogP contribution in [0.1, 0.15) is 37.1 Å². The highest BCUT2D eigenvalue weighted by molar-refractivity contribution is 5.05. The summed E-state index contributed by atoms with van der Waals surface area (Å²) >= 11 is 0. The van der Waals surface area contributed by atoms with Gasteiger partial charge in [-0.25, -0.2) is 0 Å². The van der Waals surface area contributed by atoms with E-state index in [0.29, 0.717) is 6.04 Å². The Kier molecular flexibility index (Phi) is 3.73. The fraction of sp³-hybridized carbons (Fsp3) is 0.812. The molecule has 0 bridgehead atoms. The molecule has 2 saturated carbocycles. The number of fused-ring (bicyclic) bond motifs is 1. The van der Waals surface area contributed by atoms with E-state index in [1.54, 1.807) is 0 Å².